The van der Waals surface area contributed by atoms with E-state index in [0.717, 1.165) is 48.8 Å². The molecule has 0 aliphatic heterocycles. The minimum atomic E-state index is -0.0255. The first-order chi connectivity index (χ1) is 10.3. The predicted molar refractivity (Wildman–Crippen MR) is 82.1 cm³/mol. The van der Waals surface area contributed by atoms with E-state index in [1.807, 2.05) is 6.07 Å². The molecule has 21 heavy (non-hydrogen) atoms. The molecule has 2 N–H and O–H groups in total. The van der Waals surface area contributed by atoms with Gasteiger partial charge in [-0.15, -0.1) is 0 Å². The van der Waals surface area contributed by atoms with Crippen molar-refractivity contribution < 1.29 is 9.84 Å². The molecule has 114 valence electrons. The van der Waals surface area contributed by atoms with Gasteiger partial charge in [-0.1, -0.05) is 12.1 Å². The molecule has 3 aliphatic carbocycles. The number of rotatable bonds is 4. The van der Waals surface area contributed by atoms with Crippen LogP contribution in [-0.2, 0) is 6.54 Å². The van der Waals surface area contributed by atoms with Crippen molar-refractivity contribution in [2.24, 2.45) is 23.7 Å². The van der Waals surface area contributed by atoms with Gasteiger partial charge in [0.05, 0.1) is 13.2 Å². The summed E-state index contributed by atoms with van der Waals surface area (Å²) in [6, 6.07) is 9.00. The van der Waals surface area contributed by atoms with E-state index < -0.39 is 0 Å². The number of hydrogen-bond acceptors (Lipinski definition) is 3. The number of fused-ring (bicyclic) bond motifs is 5. The van der Waals surface area contributed by atoms with E-state index in [2.05, 4.69) is 23.5 Å². The second-order valence-electron chi connectivity index (χ2n) is 7.12. The normalized spacial score (nSPS) is 40.5. The zero-order valence-electron chi connectivity index (χ0n) is 12.7. The SMILES string of the molecule is COc1cccc(CNC2C3CCC2C2CC(O)CC23)c1. The zero-order chi connectivity index (χ0) is 14.4. The molecule has 3 heteroatoms. The standard InChI is InChI=1S/C18H25NO2/c1-21-13-4-2-3-11(7-13)10-19-18-14-5-6-15(18)17-9-12(20)8-16(14)17/h2-4,7,12,14-20H,5-6,8-10H2,1H3. The van der Waals surface area contributed by atoms with E-state index in [1.54, 1.807) is 7.11 Å². The summed E-state index contributed by atoms with van der Waals surface area (Å²) in [4.78, 5) is 0. The summed E-state index contributed by atoms with van der Waals surface area (Å²) in [6.07, 6.45) is 4.78. The van der Waals surface area contributed by atoms with E-state index in [4.69, 9.17) is 4.74 Å². The maximum absolute atomic E-state index is 9.92. The number of aliphatic hydroxyl groups excluding tert-OH is 1. The lowest BCUT2D eigenvalue weighted by Gasteiger charge is -2.22. The van der Waals surface area contributed by atoms with Gasteiger partial charge in [0.1, 0.15) is 5.75 Å². The van der Waals surface area contributed by atoms with Crippen LogP contribution >= 0.6 is 0 Å². The highest BCUT2D eigenvalue weighted by atomic mass is 16.5. The molecule has 3 aliphatic rings. The molecule has 0 amide bonds. The second-order valence-corrected chi connectivity index (χ2v) is 7.12. The number of nitrogens with one attached hydrogen (secondary N) is 1. The van der Waals surface area contributed by atoms with Crippen LogP contribution in [0.2, 0.25) is 0 Å². The predicted octanol–water partition coefficient (Wildman–Crippen LogP) is 2.58. The van der Waals surface area contributed by atoms with E-state index in [1.165, 1.54) is 18.4 Å². The average Bonchev–Trinajstić information content (AvgIpc) is 3.14. The van der Waals surface area contributed by atoms with Gasteiger partial charge in [-0.3, -0.25) is 0 Å². The lowest BCUT2D eigenvalue weighted by molar-refractivity contribution is 0.162. The Balaban J connectivity index is 1.42. The highest BCUT2D eigenvalue weighted by Gasteiger charge is 2.57. The third-order valence-corrected chi connectivity index (χ3v) is 6.17. The van der Waals surface area contributed by atoms with Crippen molar-refractivity contribution >= 4 is 0 Å². The Morgan fingerprint density at radius 1 is 1.14 bits per heavy atom. The van der Waals surface area contributed by atoms with Crippen LogP contribution in [0.15, 0.2) is 24.3 Å². The Bertz CT molecular complexity index is 498. The summed E-state index contributed by atoms with van der Waals surface area (Å²) in [7, 11) is 1.72. The maximum atomic E-state index is 9.92. The molecule has 4 rings (SSSR count). The Kier molecular flexibility index (Phi) is 3.43. The Morgan fingerprint density at radius 3 is 2.52 bits per heavy atom. The van der Waals surface area contributed by atoms with Crippen LogP contribution in [-0.4, -0.2) is 24.4 Å². The molecule has 0 saturated heterocycles. The first kappa shape index (κ1) is 13.6. The fourth-order valence-corrected chi connectivity index (χ4v) is 5.40. The monoisotopic (exact) mass is 287 g/mol. The van der Waals surface area contributed by atoms with Gasteiger partial charge < -0.3 is 15.2 Å². The van der Waals surface area contributed by atoms with Crippen molar-refractivity contribution in [1.82, 2.24) is 5.32 Å². The summed E-state index contributed by atoms with van der Waals surface area (Å²) in [5, 5.41) is 13.7. The van der Waals surface area contributed by atoms with Crippen LogP contribution in [0.3, 0.4) is 0 Å². The highest BCUT2D eigenvalue weighted by molar-refractivity contribution is 5.28. The van der Waals surface area contributed by atoms with E-state index in [-0.39, 0.29) is 6.10 Å². The smallest absolute Gasteiger partial charge is 0.119 e. The van der Waals surface area contributed by atoms with Gasteiger partial charge in [0.25, 0.3) is 0 Å². The first-order valence-electron chi connectivity index (χ1n) is 8.30. The lowest BCUT2D eigenvalue weighted by atomic mass is 9.82. The van der Waals surface area contributed by atoms with Gasteiger partial charge >= 0.3 is 0 Å². The topological polar surface area (TPSA) is 41.5 Å². The molecule has 1 aromatic rings. The molecule has 4 unspecified atom stereocenters. The summed E-state index contributed by atoms with van der Waals surface area (Å²) >= 11 is 0. The van der Waals surface area contributed by atoms with Crippen LogP contribution in [0.25, 0.3) is 0 Å². The van der Waals surface area contributed by atoms with Crippen LogP contribution in [0, 0.1) is 23.7 Å². The molecule has 0 spiro atoms. The summed E-state index contributed by atoms with van der Waals surface area (Å²) in [6.45, 7) is 0.927. The summed E-state index contributed by atoms with van der Waals surface area (Å²) in [5.74, 6) is 4.08. The Labute approximate surface area is 126 Å². The van der Waals surface area contributed by atoms with Gasteiger partial charge in [-0.05, 0) is 67.1 Å². The molecule has 0 heterocycles. The fourth-order valence-electron chi connectivity index (χ4n) is 5.40. The van der Waals surface area contributed by atoms with Crippen molar-refractivity contribution in [3.63, 3.8) is 0 Å². The summed E-state index contributed by atoms with van der Waals surface area (Å²) in [5.41, 5.74) is 1.30. The molecule has 2 bridgehead atoms. The van der Waals surface area contributed by atoms with Crippen LogP contribution in [0.1, 0.15) is 31.2 Å². The van der Waals surface area contributed by atoms with E-state index in [0.29, 0.717) is 6.04 Å². The minimum Gasteiger partial charge on any atom is -0.497 e. The molecular weight excluding hydrogens is 262 g/mol. The zero-order valence-corrected chi connectivity index (χ0v) is 12.7. The number of ether oxygens (including phenoxy) is 1. The third-order valence-electron chi connectivity index (χ3n) is 6.17. The first-order valence-corrected chi connectivity index (χ1v) is 8.30. The molecule has 3 saturated carbocycles. The number of hydrogen-bond donors (Lipinski definition) is 2. The quantitative estimate of drug-likeness (QED) is 0.894. The number of methoxy groups -OCH3 is 1. The van der Waals surface area contributed by atoms with Gasteiger partial charge in [-0.2, -0.15) is 0 Å². The molecule has 3 fully saturated rings. The third kappa shape index (κ3) is 2.27. The van der Waals surface area contributed by atoms with Crippen LogP contribution in [0.4, 0.5) is 0 Å². The van der Waals surface area contributed by atoms with Gasteiger partial charge in [0, 0.05) is 12.6 Å². The summed E-state index contributed by atoms with van der Waals surface area (Å²) < 4.78 is 5.30. The van der Waals surface area contributed by atoms with Gasteiger partial charge in [-0.25, -0.2) is 0 Å². The fraction of sp³-hybridized carbons (Fsp3) is 0.667. The van der Waals surface area contributed by atoms with Crippen molar-refractivity contribution in [3.05, 3.63) is 29.8 Å². The van der Waals surface area contributed by atoms with Gasteiger partial charge in [0.15, 0.2) is 0 Å². The number of benzene rings is 1. The van der Waals surface area contributed by atoms with E-state index >= 15 is 0 Å². The van der Waals surface area contributed by atoms with Crippen molar-refractivity contribution in [2.45, 2.75) is 44.4 Å². The minimum absolute atomic E-state index is 0.0255. The molecular formula is C18H25NO2. The Hall–Kier alpha value is -1.06. The molecule has 0 radical (unpaired) electrons. The van der Waals surface area contributed by atoms with E-state index in [9.17, 15) is 5.11 Å². The molecule has 1 aromatic carbocycles. The Morgan fingerprint density at radius 2 is 1.86 bits per heavy atom. The average molecular weight is 287 g/mol. The van der Waals surface area contributed by atoms with Crippen molar-refractivity contribution in [1.29, 1.82) is 0 Å². The largest absolute Gasteiger partial charge is 0.497 e. The molecule has 4 atom stereocenters. The molecule has 3 nitrogen and oxygen atoms in total. The highest BCUT2D eigenvalue weighted by Crippen LogP contribution is 2.58. The van der Waals surface area contributed by atoms with Crippen LogP contribution in [0.5, 0.6) is 5.75 Å². The van der Waals surface area contributed by atoms with Gasteiger partial charge in [0.2, 0.25) is 0 Å². The van der Waals surface area contributed by atoms with Crippen LogP contribution < -0.4 is 10.1 Å². The lowest BCUT2D eigenvalue weighted by Crippen LogP contribution is -2.34. The van der Waals surface area contributed by atoms with Crippen molar-refractivity contribution in [3.8, 4) is 5.75 Å². The molecule has 0 aromatic heterocycles. The second kappa shape index (κ2) is 5.29. The maximum Gasteiger partial charge on any atom is 0.119 e. The number of aliphatic hydroxyl groups is 1. The van der Waals surface area contributed by atoms with Crippen molar-refractivity contribution in [2.75, 3.05) is 7.11 Å².